The van der Waals surface area contributed by atoms with Crippen LogP contribution >= 0.6 is 23.1 Å². The van der Waals surface area contributed by atoms with Gasteiger partial charge < -0.3 is 9.15 Å². The van der Waals surface area contributed by atoms with E-state index >= 15 is 0 Å². The Morgan fingerprint density at radius 2 is 2.15 bits per heavy atom. The molecule has 2 aromatic heterocycles. The van der Waals surface area contributed by atoms with Crippen LogP contribution in [-0.4, -0.2) is 28.5 Å². The number of rotatable bonds is 8. The molecule has 142 valence electrons. The first-order chi connectivity index (χ1) is 13.1. The molecule has 0 saturated carbocycles. The fourth-order valence-electron chi connectivity index (χ4n) is 2.37. The van der Waals surface area contributed by atoms with Gasteiger partial charge in [0.15, 0.2) is 4.34 Å². The summed E-state index contributed by atoms with van der Waals surface area (Å²) in [5.41, 5.74) is -0.0827. The van der Waals surface area contributed by atoms with Gasteiger partial charge in [0.1, 0.15) is 11.3 Å². The van der Waals surface area contributed by atoms with Crippen LogP contribution in [0.2, 0.25) is 0 Å². The van der Waals surface area contributed by atoms with Gasteiger partial charge in [-0.25, -0.2) is 4.79 Å². The molecule has 0 aliphatic carbocycles. The molecule has 0 aliphatic heterocycles. The van der Waals surface area contributed by atoms with E-state index in [1.165, 1.54) is 17.4 Å². The molecule has 0 radical (unpaired) electrons. The Morgan fingerprint density at radius 1 is 1.30 bits per heavy atom. The van der Waals surface area contributed by atoms with Gasteiger partial charge in [-0.2, -0.15) is 0 Å². The minimum Gasteiger partial charge on any atom is -0.494 e. The van der Waals surface area contributed by atoms with Crippen LogP contribution in [0.4, 0.5) is 5.13 Å². The molecule has 9 heteroatoms. The Kier molecular flexibility index (Phi) is 6.46. The molecule has 0 unspecified atom stereocenters. The first-order valence-corrected chi connectivity index (χ1v) is 10.4. The zero-order chi connectivity index (χ0) is 19.2. The molecule has 0 spiro atoms. The molecule has 3 aromatic rings. The molecule has 0 fully saturated rings. The lowest BCUT2D eigenvalue weighted by Crippen LogP contribution is -2.15. The fourth-order valence-corrected chi connectivity index (χ4v) is 4.28. The third-order valence-electron chi connectivity index (χ3n) is 3.62. The second-order valence-electron chi connectivity index (χ2n) is 5.60. The van der Waals surface area contributed by atoms with Crippen LogP contribution in [0.3, 0.4) is 0 Å². The number of unbranched alkanes of at least 4 members (excludes halogenated alkanes) is 1. The van der Waals surface area contributed by atoms with Crippen LogP contribution in [0.5, 0.6) is 5.75 Å². The van der Waals surface area contributed by atoms with Crippen LogP contribution in [-0.2, 0) is 0 Å². The van der Waals surface area contributed by atoms with Gasteiger partial charge >= 0.3 is 5.63 Å². The Balaban J connectivity index is 1.82. The predicted molar refractivity (Wildman–Crippen MR) is 107 cm³/mol. The van der Waals surface area contributed by atoms with E-state index in [1.807, 2.05) is 6.92 Å². The number of hydrogen-bond donors (Lipinski definition) is 1. The van der Waals surface area contributed by atoms with Gasteiger partial charge in [0.05, 0.1) is 12.2 Å². The smallest absolute Gasteiger partial charge is 0.337 e. The van der Waals surface area contributed by atoms with Crippen molar-refractivity contribution in [2.75, 3.05) is 17.7 Å². The van der Waals surface area contributed by atoms with Gasteiger partial charge in [0.25, 0.3) is 5.91 Å². The van der Waals surface area contributed by atoms with E-state index in [1.54, 1.807) is 30.0 Å². The number of benzene rings is 1. The highest BCUT2D eigenvalue weighted by atomic mass is 32.2. The summed E-state index contributed by atoms with van der Waals surface area (Å²) in [6, 6.07) is 6.21. The molecule has 1 N–H and O–H groups in total. The van der Waals surface area contributed by atoms with Crippen molar-refractivity contribution in [1.29, 1.82) is 0 Å². The topological polar surface area (TPSA) is 94.3 Å². The number of nitrogens with one attached hydrogen (secondary N) is 1. The van der Waals surface area contributed by atoms with Crippen molar-refractivity contribution in [3.05, 3.63) is 40.2 Å². The van der Waals surface area contributed by atoms with E-state index in [0.29, 0.717) is 28.5 Å². The Labute approximate surface area is 164 Å². The van der Waals surface area contributed by atoms with E-state index in [-0.39, 0.29) is 5.56 Å². The lowest BCUT2D eigenvalue weighted by atomic mass is 10.1. The lowest BCUT2D eigenvalue weighted by Gasteiger charge is -2.07. The van der Waals surface area contributed by atoms with Crippen molar-refractivity contribution in [1.82, 2.24) is 10.2 Å². The van der Waals surface area contributed by atoms with E-state index < -0.39 is 11.5 Å². The zero-order valence-corrected chi connectivity index (χ0v) is 16.6. The van der Waals surface area contributed by atoms with Crippen molar-refractivity contribution in [2.45, 2.75) is 31.0 Å². The van der Waals surface area contributed by atoms with Crippen molar-refractivity contribution in [3.63, 3.8) is 0 Å². The highest BCUT2D eigenvalue weighted by molar-refractivity contribution is 8.01. The number of carbonyl (C=O) groups is 1. The first kappa shape index (κ1) is 19.4. The van der Waals surface area contributed by atoms with Gasteiger partial charge in [-0.15, -0.1) is 10.2 Å². The van der Waals surface area contributed by atoms with Crippen molar-refractivity contribution in [3.8, 4) is 5.75 Å². The van der Waals surface area contributed by atoms with E-state index in [4.69, 9.17) is 9.15 Å². The SMILES string of the molecule is CCCCSc1nnc(NC(=O)c2cc(=O)oc3cc(OCC)ccc23)s1. The van der Waals surface area contributed by atoms with Crippen LogP contribution < -0.4 is 15.7 Å². The highest BCUT2D eigenvalue weighted by Crippen LogP contribution is 2.27. The lowest BCUT2D eigenvalue weighted by molar-refractivity contribution is 0.102. The van der Waals surface area contributed by atoms with Crippen LogP contribution in [0, 0.1) is 0 Å². The van der Waals surface area contributed by atoms with Crippen molar-refractivity contribution >= 4 is 45.1 Å². The maximum absolute atomic E-state index is 12.7. The average molecular weight is 406 g/mol. The third kappa shape index (κ3) is 4.86. The molecular formula is C18H19N3O4S2. The average Bonchev–Trinajstić information content (AvgIpc) is 3.08. The van der Waals surface area contributed by atoms with E-state index in [9.17, 15) is 9.59 Å². The van der Waals surface area contributed by atoms with Crippen LogP contribution in [0.25, 0.3) is 11.0 Å². The van der Waals surface area contributed by atoms with Gasteiger partial charge in [-0.1, -0.05) is 36.4 Å². The summed E-state index contributed by atoms with van der Waals surface area (Å²) in [5.74, 6) is 1.10. The second kappa shape index (κ2) is 9.01. The van der Waals surface area contributed by atoms with Crippen molar-refractivity contribution in [2.24, 2.45) is 0 Å². The monoisotopic (exact) mass is 405 g/mol. The summed E-state index contributed by atoms with van der Waals surface area (Å²) in [4.78, 5) is 24.5. The maximum atomic E-state index is 12.7. The Morgan fingerprint density at radius 3 is 2.93 bits per heavy atom. The molecule has 7 nitrogen and oxygen atoms in total. The zero-order valence-electron chi connectivity index (χ0n) is 15.0. The predicted octanol–water partition coefficient (Wildman–Crippen LogP) is 4.19. The summed E-state index contributed by atoms with van der Waals surface area (Å²) in [7, 11) is 0. The Hall–Kier alpha value is -2.39. The normalized spacial score (nSPS) is 10.9. The fraction of sp³-hybridized carbons (Fsp3) is 0.333. The van der Waals surface area contributed by atoms with Gasteiger partial charge in [0.2, 0.25) is 5.13 Å². The number of nitrogens with zero attached hydrogens (tertiary/aromatic N) is 2. The molecule has 0 aliphatic rings. The number of hydrogen-bond acceptors (Lipinski definition) is 8. The summed E-state index contributed by atoms with van der Waals surface area (Å²) in [6.07, 6.45) is 2.21. The Bertz CT molecular complexity index is 1000. The summed E-state index contributed by atoms with van der Waals surface area (Å²) < 4.78 is 11.4. The molecule has 0 bridgehead atoms. The number of thioether (sulfide) groups is 1. The molecule has 1 amide bonds. The maximum Gasteiger partial charge on any atom is 0.337 e. The highest BCUT2D eigenvalue weighted by Gasteiger charge is 2.16. The van der Waals surface area contributed by atoms with Gasteiger partial charge in [-0.3, -0.25) is 10.1 Å². The van der Waals surface area contributed by atoms with Crippen LogP contribution in [0.1, 0.15) is 37.0 Å². The number of carbonyl (C=O) groups excluding carboxylic acids is 1. The summed E-state index contributed by atoms with van der Waals surface area (Å²) in [5, 5.41) is 11.7. The van der Waals surface area contributed by atoms with Crippen molar-refractivity contribution < 1.29 is 13.9 Å². The second-order valence-corrected chi connectivity index (χ2v) is 7.92. The number of ether oxygens (including phenoxy) is 1. The molecule has 0 atom stereocenters. The van der Waals surface area contributed by atoms with Gasteiger partial charge in [0, 0.05) is 23.3 Å². The molecule has 0 saturated heterocycles. The minimum absolute atomic E-state index is 0.222. The standard InChI is InChI=1S/C18H19N3O4S2/c1-3-5-8-26-18-21-20-17(27-18)19-16(23)13-10-15(22)25-14-9-11(24-4-2)6-7-12(13)14/h6-7,9-10H,3-5,8H2,1-2H3,(H,19,20,23). The largest absolute Gasteiger partial charge is 0.494 e. The minimum atomic E-state index is -0.602. The molecular weight excluding hydrogens is 386 g/mol. The number of anilines is 1. The molecule has 1 aromatic carbocycles. The van der Waals surface area contributed by atoms with Crippen LogP contribution in [0.15, 0.2) is 37.8 Å². The van der Waals surface area contributed by atoms with E-state index in [2.05, 4.69) is 22.4 Å². The number of fused-ring (bicyclic) bond motifs is 1. The summed E-state index contributed by atoms with van der Waals surface area (Å²) >= 11 is 2.93. The quantitative estimate of drug-likeness (QED) is 0.260. The van der Waals surface area contributed by atoms with Gasteiger partial charge in [-0.05, 0) is 25.5 Å². The first-order valence-electron chi connectivity index (χ1n) is 8.59. The molecule has 2 heterocycles. The number of amides is 1. The summed E-state index contributed by atoms with van der Waals surface area (Å²) in [6.45, 7) is 4.48. The molecule has 27 heavy (non-hydrogen) atoms. The van der Waals surface area contributed by atoms with E-state index in [0.717, 1.165) is 22.9 Å². The molecule has 3 rings (SSSR count). The number of aromatic nitrogens is 2. The third-order valence-corrected chi connectivity index (χ3v) is 5.68.